The van der Waals surface area contributed by atoms with Crippen molar-refractivity contribution in [3.63, 3.8) is 0 Å². The van der Waals surface area contributed by atoms with E-state index in [-0.39, 0.29) is 35.9 Å². The third kappa shape index (κ3) is 9.19. The SMILES string of the molecule is CCNC(=NCc1ccc(F)cc1)NCc1ccc(COC(C)C)cc1.I. The van der Waals surface area contributed by atoms with Crippen LogP contribution in [0.25, 0.3) is 0 Å². The smallest absolute Gasteiger partial charge is 0.191 e. The van der Waals surface area contributed by atoms with Gasteiger partial charge in [0.15, 0.2) is 5.96 Å². The molecule has 0 aliphatic heterocycles. The Balaban J connectivity index is 0.00000364. The molecule has 0 atom stereocenters. The number of halogens is 2. The molecule has 0 spiro atoms. The lowest BCUT2D eigenvalue weighted by molar-refractivity contribution is 0.0657. The summed E-state index contributed by atoms with van der Waals surface area (Å²) < 4.78 is 18.6. The van der Waals surface area contributed by atoms with Crippen LogP contribution in [-0.2, 0) is 24.4 Å². The van der Waals surface area contributed by atoms with E-state index in [0.717, 1.165) is 18.1 Å². The van der Waals surface area contributed by atoms with Crippen LogP contribution >= 0.6 is 24.0 Å². The minimum absolute atomic E-state index is 0. The molecule has 148 valence electrons. The van der Waals surface area contributed by atoms with Crippen LogP contribution in [0.5, 0.6) is 0 Å². The molecule has 0 radical (unpaired) electrons. The molecule has 0 heterocycles. The topological polar surface area (TPSA) is 45.7 Å². The predicted octanol–water partition coefficient (Wildman–Crippen LogP) is 4.62. The fourth-order valence-corrected chi connectivity index (χ4v) is 2.30. The maximum absolute atomic E-state index is 13.0. The highest BCUT2D eigenvalue weighted by Gasteiger charge is 2.01. The van der Waals surface area contributed by atoms with Crippen molar-refractivity contribution in [2.45, 2.75) is 46.6 Å². The van der Waals surface area contributed by atoms with Gasteiger partial charge in [0.2, 0.25) is 0 Å². The number of benzene rings is 2. The van der Waals surface area contributed by atoms with Gasteiger partial charge in [0.25, 0.3) is 0 Å². The van der Waals surface area contributed by atoms with Gasteiger partial charge in [-0.05, 0) is 49.6 Å². The molecule has 2 rings (SSSR count). The van der Waals surface area contributed by atoms with Gasteiger partial charge in [-0.3, -0.25) is 0 Å². The lowest BCUT2D eigenvalue weighted by Crippen LogP contribution is -2.36. The molecule has 4 nitrogen and oxygen atoms in total. The monoisotopic (exact) mass is 485 g/mol. The Hall–Kier alpha value is -1.67. The Morgan fingerprint density at radius 2 is 1.56 bits per heavy atom. The summed E-state index contributed by atoms with van der Waals surface area (Å²) >= 11 is 0. The fraction of sp³-hybridized carbons (Fsp3) is 0.381. The van der Waals surface area contributed by atoms with Gasteiger partial charge in [0, 0.05) is 13.1 Å². The van der Waals surface area contributed by atoms with Crippen LogP contribution < -0.4 is 10.6 Å². The fourth-order valence-electron chi connectivity index (χ4n) is 2.30. The number of hydrogen-bond donors (Lipinski definition) is 2. The summed E-state index contributed by atoms with van der Waals surface area (Å²) in [4.78, 5) is 4.55. The third-order valence-corrected chi connectivity index (χ3v) is 3.74. The molecule has 0 fully saturated rings. The number of nitrogens with zero attached hydrogens (tertiary/aromatic N) is 1. The first-order valence-electron chi connectivity index (χ1n) is 9.03. The molecular weight excluding hydrogens is 456 g/mol. The van der Waals surface area contributed by atoms with Gasteiger partial charge in [-0.1, -0.05) is 36.4 Å². The number of rotatable bonds is 8. The maximum atomic E-state index is 13.0. The second-order valence-corrected chi connectivity index (χ2v) is 6.35. The maximum Gasteiger partial charge on any atom is 0.191 e. The van der Waals surface area contributed by atoms with Crippen LogP contribution in [-0.4, -0.2) is 18.6 Å². The van der Waals surface area contributed by atoms with Gasteiger partial charge in [-0.2, -0.15) is 0 Å². The van der Waals surface area contributed by atoms with Crippen molar-refractivity contribution in [2.75, 3.05) is 6.54 Å². The van der Waals surface area contributed by atoms with E-state index in [0.29, 0.717) is 19.7 Å². The van der Waals surface area contributed by atoms with Crippen molar-refractivity contribution in [3.8, 4) is 0 Å². The summed E-state index contributed by atoms with van der Waals surface area (Å²) in [5.41, 5.74) is 3.31. The summed E-state index contributed by atoms with van der Waals surface area (Å²) in [6.45, 7) is 8.69. The van der Waals surface area contributed by atoms with Gasteiger partial charge in [-0.25, -0.2) is 9.38 Å². The van der Waals surface area contributed by atoms with Gasteiger partial charge in [0.1, 0.15) is 5.82 Å². The zero-order chi connectivity index (χ0) is 18.8. The second kappa shape index (κ2) is 12.7. The van der Waals surface area contributed by atoms with E-state index < -0.39 is 0 Å². The van der Waals surface area contributed by atoms with Crippen molar-refractivity contribution in [2.24, 2.45) is 4.99 Å². The summed E-state index contributed by atoms with van der Waals surface area (Å²) in [5.74, 6) is 0.508. The summed E-state index contributed by atoms with van der Waals surface area (Å²) in [7, 11) is 0. The van der Waals surface area contributed by atoms with Gasteiger partial charge >= 0.3 is 0 Å². The van der Waals surface area contributed by atoms with Crippen LogP contribution in [0.15, 0.2) is 53.5 Å². The molecule has 0 saturated heterocycles. The Bertz CT molecular complexity index is 688. The van der Waals surface area contributed by atoms with E-state index in [1.54, 1.807) is 12.1 Å². The van der Waals surface area contributed by atoms with Crippen LogP contribution in [0, 0.1) is 5.82 Å². The molecule has 6 heteroatoms. The Morgan fingerprint density at radius 3 is 2.15 bits per heavy atom. The van der Waals surface area contributed by atoms with Gasteiger partial charge in [0.05, 0.1) is 19.3 Å². The normalized spacial score (nSPS) is 11.2. The van der Waals surface area contributed by atoms with Gasteiger partial charge < -0.3 is 15.4 Å². The molecule has 2 aromatic rings. The predicted molar refractivity (Wildman–Crippen MR) is 120 cm³/mol. The molecule has 0 aromatic heterocycles. The van der Waals surface area contributed by atoms with E-state index in [2.05, 4.69) is 39.9 Å². The Kier molecular flexibility index (Phi) is 11.0. The molecule has 27 heavy (non-hydrogen) atoms. The largest absolute Gasteiger partial charge is 0.374 e. The first-order valence-corrected chi connectivity index (χ1v) is 9.03. The van der Waals surface area contributed by atoms with Crippen molar-refractivity contribution >= 4 is 29.9 Å². The second-order valence-electron chi connectivity index (χ2n) is 6.35. The molecular formula is C21H29FIN3O. The van der Waals surface area contributed by atoms with E-state index in [4.69, 9.17) is 4.74 Å². The molecule has 0 aliphatic carbocycles. The standard InChI is InChI=1S/C21H28FN3O.HI/c1-4-23-21(25-14-18-9-11-20(22)12-10-18)24-13-17-5-7-19(8-6-17)15-26-16(2)3;/h5-12,16H,4,13-15H2,1-3H3,(H2,23,24,25);1H. The zero-order valence-electron chi connectivity index (χ0n) is 16.2. The molecule has 2 aromatic carbocycles. The lowest BCUT2D eigenvalue weighted by atomic mass is 10.1. The van der Waals surface area contributed by atoms with Crippen LogP contribution in [0.1, 0.15) is 37.5 Å². The van der Waals surface area contributed by atoms with E-state index in [1.165, 1.54) is 23.3 Å². The minimum atomic E-state index is -0.231. The summed E-state index contributed by atoms with van der Waals surface area (Å²) in [6.07, 6.45) is 0.233. The minimum Gasteiger partial charge on any atom is -0.374 e. The van der Waals surface area contributed by atoms with E-state index in [9.17, 15) is 4.39 Å². The molecule has 0 unspecified atom stereocenters. The Labute approximate surface area is 178 Å². The van der Waals surface area contributed by atoms with Gasteiger partial charge in [-0.15, -0.1) is 24.0 Å². The molecule has 0 amide bonds. The van der Waals surface area contributed by atoms with Crippen molar-refractivity contribution in [1.82, 2.24) is 10.6 Å². The number of aliphatic imine (C=N–C) groups is 1. The third-order valence-electron chi connectivity index (χ3n) is 3.74. The van der Waals surface area contributed by atoms with Crippen LogP contribution in [0.2, 0.25) is 0 Å². The number of ether oxygens (including phenoxy) is 1. The van der Waals surface area contributed by atoms with E-state index in [1.807, 2.05) is 20.8 Å². The number of nitrogens with one attached hydrogen (secondary N) is 2. The number of guanidine groups is 1. The highest BCUT2D eigenvalue weighted by atomic mass is 127. The molecule has 0 saturated carbocycles. The summed E-state index contributed by atoms with van der Waals surface area (Å²) in [6, 6.07) is 14.8. The average Bonchev–Trinajstić information content (AvgIpc) is 2.64. The molecule has 2 N–H and O–H groups in total. The van der Waals surface area contributed by atoms with Crippen molar-refractivity contribution < 1.29 is 9.13 Å². The highest BCUT2D eigenvalue weighted by molar-refractivity contribution is 14.0. The van der Waals surface area contributed by atoms with Crippen LogP contribution in [0.3, 0.4) is 0 Å². The van der Waals surface area contributed by atoms with Crippen molar-refractivity contribution in [1.29, 1.82) is 0 Å². The van der Waals surface area contributed by atoms with Crippen molar-refractivity contribution in [3.05, 3.63) is 71.0 Å². The zero-order valence-corrected chi connectivity index (χ0v) is 18.5. The lowest BCUT2D eigenvalue weighted by Gasteiger charge is -2.12. The number of hydrogen-bond acceptors (Lipinski definition) is 2. The average molecular weight is 485 g/mol. The summed E-state index contributed by atoms with van der Waals surface area (Å²) in [5, 5.41) is 6.55. The van der Waals surface area contributed by atoms with E-state index >= 15 is 0 Å². The quantitative estimate of drug-likeness (QED) is 0.326. The molecule has 0 aliphatic rings. The first kappa shape index (κ1) is 23.4. The molecule has 0 bridgehead atoms. The van der Waals surface area contributed by atoms with Crippen LogP contribution in [0.4, 0.5) is 4.39 Å². The highest BCUT2D eigenvalue weighted by Crippen LogP contribution is 2.07. The Morgan fingerprint density at radius 1 is 0.963 bits per heavy atom. The first-order chi connectivity index (χ1) is 12.6.